The van der Waals surface area contributed by atoms with Crippen LogP contribution in [0.15, 0.2) is 36.4 Å². The summed E-state index contributed by atoms with van der Waals surface area (Å²) in [5, 5.41) is 5.88. The van der Waals surface area contributed by atoms with Gasteiger partial charge >= 0.3 is 6.09 Å². The number of hydrogen-bond donors (Lipinski definition) is 2. The number of rotatable bonds is 9. The van der Waals surface area contributed by atoms with Gasteiger partial charge in [0.05, 0.1) is 0 Å². The SMILES string of the molecule is CCCN(C(=O)C(NC(=O)OC(C)(C)C)C(C)C)C(C(=O)Nc1c(C)cccc1C)c1cccc(C)c1C. The number of amides is 3. The van der Waals surface area contributed by atoms with E-state index in [4.69, 9.17) is 4.74 Å². The highest BCUT2D eigenvalue weighted by Crippen LogP contribution is 2.30. The Morgan fingerprint density at radius 3 is 2.00 bits per heavy atom. The average molecular weight is 524 g/mol. The van der Waals surface area contributed by atoms with Crippen molar-refractivity contribution in [2.45, 2.75) is 93.3 Å². The Morgan fingerprint density at radius 1 is 0.921 bits per heavy atom. The molecule has 7 heteroatoms. The maximum absolute atomic E-state index is 14.2. The summed E-state index contributed by atoms with van der Waals surface area (Å²) < 4.78 is 5.44. The first kappa shape index (κ1) is 30.9. The topological polar surface area (TPSA) is 87.7 Å². The van der Waals surface area contributed by atoms with Crippen LogP contribution in [0.4, 0.5) is 10.5 Å². The normalized spacial score (nSPS) is 13.0. The lowest BCUT2D eigenvalue weighted by molar-refractivity contribution is -0.141. The van der Waals surface area contributed by atoms with Crippen LogP contribution in [0.5, 0.6) is 0 Å². The van der Waals surface area contributed by atoms with Crippen LogP contribution in [0.3, 0.4) is 0 Å². The quantitative estimate of drug-likeness (QED) is 0.399. The van der Waals surface area contributed by atoms with Gasteiger partial charge in [0.1, 0.15) is 17.7 Å². The van der Waals surface area contributed by atoms with E-state index in [0.717, 1.165) is 33.5 Å². The van der Waals surface area contributed by atoms with Crippen molar-refractivity contribution in [3.8, 4) is 0 Å². The van der Waals surface area contributed by atoms with Crippen molar-refractivity contribution in [3.05, 3.63) is 64.2 Å². The zero-order chi connectivity index (χ0) is 28.8. The minimum absolute atomic E-state index is 0.227. The molecule has 0 spiro atoms. The Kier molecular flexibility index (Phi) is 10.5. The van der Waals surface area contributed by atoms with Gasteiger partial charge in [-0.2, -0.15) is 0 Å². The molecule has 2 aromatic rings. The maximum atomic E-state index is 14.2. The Bertz CT molecular complexity index is 1130. The number of aryl methyl sites for hydroxylation is 3. The first-order chi connectivity index (χ1) is 17.7. The number of ether oxygens (including phenoxy) is 1. The van der Waals surface area contributed by atoms with Gasteiger partial charge in [-0.3, -0.25) is 9.59 Å². The van der Waals surface area contributed by atoms with Gasteiger partial charge in [0.25, 0.3) is 5.91 Å². The predicted molar refractivity (Wildman–Crippen MR) is 153 cm³/mol. The van der Waals surface area contributed by atoms with Gasteiger partial charge in [0.15, 0.2) is 0 Å². The molecule has 3 amide bonds. The lowest BCUT2D eigenvalue weighted by Crippen LogP contribution is -2.54. The van der Waals surface area contributed by atoms with Gasteiger partial charge in [-0.05, 0) is 88.6 Å². The smallest absolute Gasteiger partial charge is 0.408 e. The molecule has 0 aliphatic heterocycles. The molecule has 0 bridgehead atoms. The van der Waals surface area contributed by atoms with Gasteiger partial charge < -0.3 is 20.3 Å². The summed E-state index contributed by atoms with van der Waals surface area (Å²) in [6.07, 6.45) is -0.0228. The number of carbonyl (C=O) groups is 3. The second-order valence-corrected chi connectivity index (χ2v) is 11.3. The molecule has 0 radical (unpaired) electrons. The van der Waals surface area contributed by atoms with E-state index in [1.165, 1.54) is 0 Å². The molecular formula is C31H45N3O4. The number of para-hydroxylation sites is 1. The minimum Gasteiger partial charge on any atom is -0.444 e. The molecule has 2 atom stereocenters. The third kappa shape index (κ3) is 7.83. The maximum Gasteiger partial charge on any atom is 0.408 e. The largest absolute Gasteiger partial charge is 0.444 e. The van der Waals surface area contributed by atoms with Gasteiger partial charge in [-0.15, -0.1) is 0 Å². The van der Waals surface area contributed by atoms with Crippen molar-refractivity contribution in [1.82, 2.24) is 10.2 Å². The van der Waals surface area contributed by atoms with E-state index in [9.17, 15) is 14.4 Å². The van der Waals surface area contributed by atoms with E-state index in [1.54, 1.807) is 25.7 Å². The van der Waals surface area contributed by atoms with Crippen LogP contribution in [0.1, 0.15) is 81.8 Å². The number of alkyl carbamates (subject to hydrolysis) is 1. The van der Waals surface area contributed by atoms with E-state index >= 15 is 0 Å². The molecule has 0 saturated heterocycles. The van der Waals surface area contributed by atoms with Gasteiger partial charge in [0, 0.05) is 12.2 Å². The van der Waals surface area contributed by atoms with Crippen LogP contribution in [-0.2, 0) is 14.3 Å². The highest BCUT2D eigenvalue weighted by Gasteiger charge is 2.38. The Hall–Kier alpha value is -3.35. The molecule has 2 rings (SSSR count). The number of benzene rings is 2. The molecule has 0 fully saturated rings. The molecule has 38 heavy (non-hydrogen) atoms. The first-order valence-electron chi connectivity index (χ1n) is 13.4. The fourth-order valence-electron chi connectivity index (χ4n) is 4.46. The predicted octanol–water partition coefficient (Wildman–Crippen LogP) is 6.39. The second kappa shape index (κ2) is 12.9. The van der Waals surface area contributed by atoms with Crippen molar-refractivity contribution in [3.63, 3.8) is 0 Å². The molecule has 2 unspecified atom stereocenters. The van der Waals surface area contributed by atoms with E-state index in [0.29, 0.717) is 13.0 Å². The summed E-state index contributed by atoms with van der Waals surface area (Å²) in [7, 11) is 0. The molecule has 0 aromatic heterocycles. The Morgan fingerprint density at radius 2 is 1.47 bits per heavy atom. The highest BCUT2D eigenvalue weighted by molar-refractivity contribution is 6.00. The fourth-order valence-corrected chi connectivity index (χ4v) is 4.46. The standard InChI is InChI=1S/C31H45N3O4/c1-11-18-34(29(36)25(19(2)3)33-30(37)38-31(8,9)10)27(24-17-13-14-20(4)23(24)7)28(35)32-26-21(5)15-12-16-22(26)6/h12-17,19,25,27H,11,18H2,1-10H3,(H,32,35)(H,33,37). The number of hydrogen-bond acceptors (Lipinski definition) is 4. The molecule has 7 nitrogen and oxygen atoms in total. The van der Waals surface area contributed by atoms with Crippen LogP contribution in [0.2, 0.25) is 0 Å². The molecule has 0 aliphatic rings. The average Bonchev–Trinajstić information content (AvgIpc) is 2.80. The number of carbonyl (C=O) groups excluding carboxylic acids is 3. The molecule has 2 aromatic carbocycles. The first-order valence-corrected chi connectivity index (χ1v) is 13.4. The summed E-state index contributed by atoms with van der Waals surface area (Å²) in [4.78, 5) is 42.5. The van der Waals surface area contributed by atoms with Crippen molar-refractivity contribution < 1.29 is 19.1 Å². The summed E-state index contributed by atoms with van der Waals surface area (Å²) in [5.41, 5.74) is 4.66. The minimum atomic E-state index is -0.886. The summed E-state index contributed by atoms with van der Waals surface area (Å²) >= 11 is 0. The van der Waals surface area contributed by atoms with Crippen LogP contribution >= 0.6 is 0 Å². The second-order valence-electron chi connectivity index (χ2n) is 11.3. The molecule has 208 valence electrons. The van der Waals surface area contributed by atoms with Crippen LogP contribution < -0.4 is 10.6 Å². The summed E-state index contributed by atoms with van der Waals surface area (Å²) in [6, 6.07) is 9.90. The Balaban J connectivity index is 2.59. The van der Waals surface area contributed by atoms with Crippen molar-refractivity contribution in [1.29, 1.82) is 0 Å². The van der Waals surface area contributed by atoms with E-state index in [1.807, 2.05) is 84.9 Å². The van der Waals surface area contributed by atoms with Crippen LogP contribution in [0, 0.1) is 33.6 Å². The molecule has 0 heterocycles. The van der Waals surface area contributed by atoms with Crippen LogP contribution in [0.25, 0.3) is 0 Å². The zero-order valence-electron chi connectivity index (χ0n) is 24.7. The van der Waals surface area contributed by atoms with Gasteiger partial charge in [0.2, 0.25) is 5.91 Å². The molecule has 2 N–H and O–H groups in total. The summed E-state index contributed by atoms with van der Waals surface area (Å²) in [5.74, 6) is -0.844. The van der Waals surface area contributed by atoms with Crippen molar-refractivity contribution in [2.75, 3.05) is 11.9 Å². The third-order valence-electron chi connectivity index (χ3n) is 6.58. The molecule has 0 saturated carbocycles. The number of nitrogens with zero attached hydrogens (tertiary/aromatic N) is 1. The van der Waals surface area contributed by atoms with Crippen molar-refractivity contribution in [2.24, 2.45) is 5.92 Å². The van der Waals surface area contributed by atoms with Crippen LogP contribution in [-0.4, -0.2) is 41.0 Å². The summed E-state index contributed by atoms with van der Waals surface area (Å²) in [6.45, 7) is 19.2. The lowest BCUT2D eigenvalue weighted by Gasteiger charge is -2.36. The number of nitrogens with one attached hydrogen (secondary N) is 2. The fraction of sp³-hybridized carbons (Fsp3) is 0.516. The molecule has 0 aliphatic carbocycles. The van der Waals surface area contributed by atoms with Gasteiger partial charge in [-0.25, -0.2) is 4.79 Å². The highest BCUT2D eigenvalue weighted by atomic mass is 16.6. The van der Waals surface area contributed by atoms with Crippen molar-refractivity contribution >= 4 is 23.6 Å². The number of anilines is 1. The zero-order valence-corrected chi connectivity index (χ0v) is 24.7. The van der Waals surface area contributed by atoms with E-state index in [-0.39, 0.29) is 17.7 Å². The van der Waals surface area contributed by atoms with E-state index in [2.05, 4.69) is 10.6 Å². The Labute approximate surface area is 228 Å². The lowest BCUT2D eigenvalue weighted by atomic mass is 9.93. The van der Waals surface area contributed by atoms with Gasteiger partial charge in [-0.1, -0.05) is 57.2 Å². The molecular weight excluding hydrogens is 478 g/mol. The third-order valence-corrected chi connectivity index (χ3v) is 6.58. The monoisotopic (exact) mass is 523 g/mol. The van der Waals surface area contributed by atoms with E-state index < -0.39 is 23.8 Å².